The first kappa shape index (κ1) is 10.9. The molecule has 2 aromatic rings. The van der Waals surface area contributed by atoms with Crippen molar-refractivity contribution in [2.75, 3.05) is 5.32 Å². The zero-order chi connectivity index (χ0) is 11.4. The molecule has 0 atom stereocenters. The van der Waals surface area contributed by atoms with E-state index in [9.17, 15) is 0 Å². The second-order valence-corrected chi connectivity index (χ2v) is 3.59. The minimum absolute atomic E-state index is 0.176. The summed E-state index contributed by atoms with van der Waals surface area (Å²) in [5, 5.41) is 12.6. The maximum Gasteiger partial charge on any atom is 0.156 e. The molecule has 0 bridgehead atoms. The van der Waals surface area contributed by atoms with Gasteiger partial charge in [-0.3, -0.25) is 0 Å². The number of halogens is 1. The van der Waals surface area contributed by atoms with Crippen LogP contribution in [-0.2, 0) is 6.61 Å². The Hall–Kier alpha value is -1.65. The Kier molecular flexibility index (Phi) is 3.34. The van der Waals surface area contributed by atoms with Gasteiger partial charge in [0, 0.05) is 16.9 Å². The first-order valence-corrected chi connectivity index (χ1v) is 5.11. The van der Waals surface area contributed by atoms with Gasteiger partial charge in [-0.1, -0.05) is 17.7 Å². The van der Waals surface area contributed by atoms with Crippen LogP contribution in [0.2, 0.25) is 5.02 Å². The van der Waals surface area contributed by atoms with Crippen molar-refractivity contribution in [2.24, 2.45) is 0 Å². The molecule has 82 valence electrons. The van der Waals surface area contributed by atoms with E-state index in [0.717, 1.165) is 5.69 Å². The Balaban J connectivity index is 2.20. The molecule has 0 saturated carbocycles. The molecule has 0 radical (unpaired) electrons. The van der Waals surface area contributed by atoms with Gasteiger partial charge < -0.3 is 10.4 Å². The number of benzene rings is 1. The van der Waals surface area contributed by atoms with E-state index in [4.69, 9.17) is 16.7 Å². The number of aromatic nitrogens is 2. The van der Waals surface area contributed by atoms with Crippen LogP contribution < -0.4 is 5.32 Å². The van der Waals surface area contributed by atoms with Crippen molar-refractivity contribution in [3.63, 3.8) is 0 Å². The van der Waals surface area contributed by atoms with Crippen molar-refractivity contribution in [3.05, 3.63) is 47.4 Å². The zero-order valence-electron chi connectivity index (χ0n) is 8.39. The fourth-order valence-corrected chi connectivity index (χ4v) is 1.45. The highest BCUT2D eigenvalue weighted by Gasteiger charge is 1.99. The molecule has 0 unspecified atom stereocenters. The van der Waals surface area contributed by atoms with Gasteiger partial charge in [-0.2, -0.15) is 0 Å². The summed E-state index contributed by atoms with van der Waals surface area (Å²) in [6.07, 6.45) is 1.59. The number of anilines is 2. The first-order valence-electron chi connectivity index (χ1n) is 4.73. The van der Waals surface area contributed by atoms with Crippen molar-refractivity contribution in [1.29, 1.82) is 0 Å². The van der Waals surface area contributed by atoms with Crippen LogP contribution in [0.3, 0.4) is 0 Å². The fraction of sp³-hybridized carbons (Fsp3) is 0.0909. The van der Waals surface area contributed by atoms with Crippen molar-refractivity contribution in [1.82, 2.24) is 9.97 Å². The van der Waals surface area contributed by atoms with Gasteiger partial charge in [0.15, 0.2) is 5.82 Å². The summed E-state index contributed by atoms with van der Waals surface area (Å²) in [7, 11) is 0. The summed E-state index contributed by atoms with van der Waals surface area (Å²) < 4.78 is 0. The number of hydrogen-bond acceptors (Lipinski definition) is 4. The lowest BCUT2D eigenvalue weighted by Crippen LogP contribution is -1.99. The SMILES string of the molecule is OCc1nccc(Nc2cccc(Cl)c2)n1. The van der Waals surface area contributed by atoms with Crippen LogP contribution in [-0.4, -0.2) is 15.1 Å². The molecule has 0 saturated heterocycles. The summed E-state index contributed by atoms with van der Waals surface area (Å²) in [6.45, 7) is -0.176. The lowest BCUT2D eigenvalue weighted by atomic mass is 10.3. The van der Waals surface area contributed by atoms with Crippen LogP contribution in [0.1, 0.15) is 5.82 Å². The van der Waals surface area contributed by atoms with E-state index in [2.05, 4.69) is 15.3 Å². The molecule has 0 spiro atoms. The number of rotatable bonds is 3. The highest BCUT2D eigenvalue weighted by molar-refractivity contribution is 6.30. The molecule has 0 aliphatic carbocycles. The van der Waals surface area contributed by atoms with Gasteiger partial charge in [0.25, 0.3) is 0 Å². The monoisotopic (exact) mass is 235 g/mol. The average molecular weight is 236 g/mol. The molecular weight excluding hydrogens is 226 g/mol. The summed E-state index contributed by atoms with van der Waals surface area (Å²) >= 11 is 5.86. The number of aliphatic hydroxyl groups excluding tert-OH is 1. The molecule has 0 aliphatic rings. The van der Waals surface area contributed by atoms with Crippen molar-refractivity contribution in [3.8, 4) is 0 Å². The third kappa shape index (κ3) is 2.68. The number of aliphatic hydroxyl groups is 1. The summed E-state index contributed by atoms with van der Waals surface area (Å²) in [5.41, 5.74) is 0.843. The second-order valence-electron chi connectivity index (χ2n) is 3.15. The van der Waals surface area contributed by atoms with Gasteiger partial charge in [0.05, 0.1) is 0 Å². The van der Waals surface area contributed by atoms with Crippen LogP contribution >= 0.6 is 11.6 Å². The average Bonchev–Trinajstić information content (AvgIpc) is 2.29. The second kappa shape index (κ2) is 4.92. The number of hydrogen-bond donors (Lipinski definition) is 2. The first-order chi connectivity index (χ1) is 7.78. The topological polar surface area (TPSA) is 58.0 Å². The molecule has 5 heteroatoms. The number of nitrogens with one attached hydrogen (secondary N) is 1. The Bertz CT molecular complexity index is 490. The van der Waals surface area contributed by atoms with E-state index in [0.29, 0.717) is 16.7 Å². The van der Waals surface area contributed by atoms with Crippen LogP contribution in [0.5, 0.6) is 0 Å². The van der Waals surface area contributed by atoms with Crippen LogP contribution in [0, 0.1) is 0 Å². The maximum absolute atomic E-state index is 8.90. The van der Waals surface area contributed by atoms with Crippen molar-refractivity contribution < 1.29 is 5.11 Å². The van der Waals surface area contributed by atoms with Crippen molar-refractivity contribution >= 4 is 23.1 Å². The minimum Gasteiger partial charge on any atom is -0.388 e. The zero-order valence-corrected chi connectivity index (χ0v) is 9.15. The molecular formula is C11H10ClN3O. The lowest BCUT2D eigenvalue weighted by Gasteiger charge is -2.06. The largest absolute Gasteiger partial charge is 0.388 e. The summed E-state index contributed by atoms with van der Waals surface area (Å²) in [6, 6.07) is 9.04. The van der Waals surface area contributed by atoms with E-state index in [1.54, 1.807) is 24.4 Å². The molecule has 1 aromatic carbocycles. The smallest absolute Gasteiger partial charge is 0.156 e. The van der Waals surface area contributed by atoms with Gasteiger partial charge in [0.2, 0.25) is 0 Å². The molecule has 1 aromatic heterocycles. The Morgan fingerprint density at radius 1 is 1.31 bits per heavy atom. The van der Waals surface area contributed by atoms with Crippen LogP contribution in [0.4, 0.5) is 11.5 Å². The van der Waals surface area contributed by atoms with Gasteiger partial charge in [0.1, 0.15) is 12.4 Å². The van der Waals surface area contributed by atoms with Crippen LogP contribution in [0.25, 0.3) is 0 Å². The van der Waals surface area contributed by atoms with Gasteiger partial charge in [-0.25, -0.2) is 9.97 Å². The maximum atomic E-state index is 8.90. The van der Waals surface area contributed by atoms with E-state index in [-0.39, 0.29) is 6.61 Å². The minimum atomic E-state index is -0.176. The van der Waals surface area contributed by atoms with Gasteiger partial charge in [-0.15, -0.1) is 0 Å². The molecule has 16 heavy (non-hydrogen) atoms. The molecule has 1 heterocycles. The molecule has 2 rings (SSSR count). The van der Waals surface area contributed by atoms with Gasteiger partial charge in [-0.05, 0) is 24.3 Å². The summed E-state index contributed by atoms with van der Waals surface area (Å²) in [4.78, 5) is 7.99. The quantitative estimate of drug-likeness (QED) is 0.858. The molecule has 4 nitrogen and oxygen atoms in total. The lowest BCUT2D eigenvalue weighted by molar-refractivity contribution is 0.271. The highest BCUT2D eigenvalue weighted by atomic mass is 35.5. The summed E-state index contributed by atoms with van der Waals surface area (Å²) in [5.74, 6) is 1.01. The fourth-order valence-electron chi connectivity index (χ4n) is 1.26. The van der Waals surface area contributed by atoms with E-state index >= 15 is 0 Å². The van der Waals surface area contributed by atoms with Crippen molar-refractivity contribution in [2.45, 2.75) is 6.61 Å². The Morgan fingerprint density at radius 2 is 2.19 bits per heavy atom. The normalized spacial score (nSPS) is 10.1. The van der Waals surface area contributed by atoms with E-state index in [1.807, 2.05) is 12.1 Å². The molecule has 0 amide bonds. The predicted molar refractivity (Wildman–Crippen MR) is 62.7 cm³/mol. The van der Waals surface area contributed by atoms with Gasteiger partial charge >= 0.3 is 0 Å². The highest BCUT2D eigenvalue weighted by Crippen LogP contribution is 2.18. The van der Waals surface area contributed by atoms with Crippen LogP contribution in [0.15, 0.2) is 36.5 Å². The Morgan fingerprint density at radius 3 is 2.94 bits per heavy atom. The van der Waals surface area contributed by atoms with E-state index in [1.165, 1.54) is 0 Å². The molecule has 2 N–H and O–H groups in total. The predicted octanol–water partition coefficient (Wildman–Crippen LogP) is 2.37. The third-order valence-electron chi connectivity index (χ3n) is 1.94. The molecule has 0 fully saturated rings. The Labute approximate surface area is 97.9 Å². The molecule has 0 aliphatic heterocycles. The van der Waals surface area contributed by atoms with E-state index < -0.39 is 0 Å². The number of nitrogens with zero attached hydrogens (tertiary/aromatic N) is 2. The third-order valence-corrected chi connectivity index (χ3v) is 2.18. The standard InChI is InChI=1S/C11H10ClN3O/c12-8-2-1-3-9(6-8)14-10-4-5-13-11(7-16)15-10/h1-6,16H,7H2,(H,13,14,15).